The molecule has 130 valence electrons. The molecule has 7 heteroatoms. The molecule has 0 bridgehead atoms. The highest BCUT2D eigenvalue weighted by atomic mass is 16.6. The highest BCUT2D eigenvalue weighted by molar-refractivity contribution is 5.50. The zero-order chi connectivity index (χ0) is 17.2. The maximum absolute atomic E-state index is 10.8. The normalized spacial score (nSPS) is 19.5. The Labute approximate surface area is 145 Å². The van der Waals surface area contributed by atoms with Gasteiger partial charge in [-0.1, -0.05) is 6.07 Å². The minimum atomic E-state index is -0.429. The third-order valence-corrected chi connectivity index (χ3v) is 4.65. The molecule has 0 aliphatic carbocycles. The van der Waals surface area contributed by atoms with Crippen LogP contribution >= 0.6 is 0 Å². The summed E-state index contributed by atoms with van der Waals surface area (Å²) in [6, 6.07) is 9.50. The largest absolute Gasteiger partial charge is 0.490 e. The Morgan fingerprint density at radius 3 is 2.72 bits per heavy atom. The Morgan fingerprint density at radius 2 is 1.96 bits per heavy atom. The first kappa shape index (κ1) is 15.7. The second kappa shape index (κ2) is 6.58. The molecule has 3 heterocycles. The molecular formula is C18H19N3O4. The monoisotopic (exact) mass is 341 g/mol. The van der Waals surface area contributed by atoms with E-state index in [4.69, 9.17) is 9.47 Å². The fourth-order valence-corrected chi connectivity index (χ4v) is 3.43. The maximum atomic E-state index is 10.8. The van der Waals surface area contributed by atoms with Gasteiger partial charge in [0, 0.05) is 19.0 Å². The lowest BCUT2D eigenvalue weighted by Crippen LogP contribution is -2.23. The van der Waals surface area contributed by atoms with E-state index in [0.29, 0.717) is 13.2 Å². The maximum Gasteiger partial charge on any atom is 0.287 e. The molecule has 4 rings (SSSR count). The van der Waals surface area contributed by atoms with Gasteiger partial charge in [0.1, 0.15) is 12.0 Å². The molecule has 1 atom stereocenters. The molecule has 7 nitrogen and oxygen atoms in total. The minimum Gasteiger partial charge on any atom is -0.490 e. The first-order valence-electron chi connectivity index (χ1n) is 8.49. The SMILES string of the molecule is O=[N+]([O-])c1ccc(N2CCC[C@H]2c2ccc3c(c2)OCCCO3)nc1. The Hall–Kier alpha value is -2.83. The van der Waals surface area contributed by atoms with Crippen molar-refractivity contribution in [2.24, 2.45) is 0 Å². The minimum absolute atomic E-state index is 0.00933. The molecule has 2 aliphatic heterocycles. The van der Waals surface area contributed by atoms with Gasteiger partial charge in [-0.05, 0) is 36.6 Å². The predicted octanol–water partition coefficient (Wildman–Crippen LogP) is 3.49. The van der Waals surface area contributed by atoms with Gasteiger partial charge in [0.2, 0.25) is 0 Å². The van der Waals surface area contributed by atoms with Gasteiger partial charge in [-0.3, -0.25) is 10.1 Å². The number of rotatable bonds is 3. The van der Waals surface area contributed by atoms with Crippen molar-refractivity contribution in [3.05, 3.63) is 52.2 Å². The number of nitro groups is 1. The number of anilines is 1. The van der Waals surface area contributed by atoms with Gasteiger partial charge in [-0.2, -0.15) is 0 Å². The van der Waals surface area contributed by atoms with Crippen molar-refractivity contribution in [2.45, 2.75) is 25.3 Å². The average molecular weight is 341 g/mol. The van der Waals surface area contributed by atoms with Crippen molar-refractivity contribution in [1.29, 1.82) is 0 Å². The fraction of sp³-hybridized carbons (Fsp3) is 0.389. The lowest BCUT2D eigenvalue weighted by atomic mass is 10.0. The van der Waals surface area contributed by atoms with E-state index in [9.17, 15) is 10.1 Å². The van der Waals surface area contributed by atoms with Crippen molar-refractivity contribution >= 4 is 11.5 Å². The smallest absolute Gasteiger partial charge is 0.287 e. The van der Waals surface area contributed by atoms with Crippen molar-refractivity contribution in [3.8, 4) is 11.5 Å². The molecule has 2 aliphatic rings. The summed E-state index contributed by atoms with van der Waals surface area (Å²) in [5.41, 5.74) is 1.16. The van der Waals surface area contributed by atoms with E-state index in [1.165, 1.54) is 12.3 Å². The van der Waals surface area contributed by atoms with Crippen LogP contribution in [0.25, 0.3) is 0 Å². The third kappa shape index (κ3) is 3.09. The highest BCUT2D eigenvalue weighted by Gasteiger charge is 2.28. The number of hydrogen-bond acceptors (Lipinski definition) is 6. The van der Waals surface area contributed by atoms with Gasteiger partial charge in [0.25, 0.3) is 5.69 Å². The predicted molar refractivity (Wildman–Crippen MR) is 92.3 cm³/mol. The van der Waals surface area contributed by atoms with E-state index in [2.05, 4.69) is 22.0 Å². The van der Waals surface area contributed by atoms with Crippen LogP contribution in [0.3, 0.4) is 0 Å². The molecular weight excluding hydrogens is 322 g/mol. The van der Waals surface area contributed by atoms with Gasteiger partial charge in [-0.15, -0.1) is 0 Å². The van der Waals surface area contributed by atoms with Gasteiger partial charge < -0.3 is 14.4 Å². The lowest BCUT2D eigenvalue weighted by Gasteiger charge is -2.26. The summed E-state index contributed by atoms with van der Waals surface area (Å²) < 4.78 is 11.5. The van der Waals surface area contributed by atoms with Crippen LogP contribution in [0.15, 0.2) is 36.5 Å². The molecule has 1 saturated heterocycles. The van der Waals surface area contributed by atoms with E-state index < -0.39 is 4.92 Å². The van der Waals surface area contributed by atoms with Crippen LogP contribution in [0, 0.1) is 10.1 Å². The first-order chi connectivity index (χ1) is 12.2. The number of hydrogen-bond donors (Lipinski definition) is 0. The van der Waals surface area contributed by atoms with Gasteiger partial charge >= 0.3 is 0 Å². The lowest BCUT2D eigenvalue weighted by molar-refractivity contribution is -0.385. The molecule has 2 aromatic rings. The van der Waals surface area contributed by atoms with E-state index in [1.807, 2.05) is 6.07 Å². The Balaban J connectivity index is 1.61. The third-order valence-electron chi connectivity index (χ3n) is 4.65. The van der Waals surface area contributed by atoms with Crippen LogP contribution in [0.4, 0.5) is 11.5 Å². The fourth-order valence-electron chi connectivity index (χ4n) is 3.43. The second-order valence-corrected chi connectivity index (χ2v) is 6.24. The van der Waals surface area contributed by atoms with Crippen molar-refractivity contribution in [1.82, 2.24) is 4.98 Å². The molecule has 1 aromatic heterocycles. The van der Waals surface area contributed by atoms with Gasteiger partial charge in [-0.25, -0.2) is 4.98 Å². The summed E-state index contributed by atoms with van der Waals surface area (Å²) in [7, 11) is 0. The number of aromatic nitrogens is 1. The van der Waals surface area contributed by atoms with E-state index in [0.717, 1.165) is 48.7 Å². The second-order valence-electron chi connectivity index (χ2n) is 6.24. The number of fused-ring (bicyclic) bond motifs is 1. The van der Waals surface area contributed by atoms with Gasteiger partial charge in [0.05, 0.1) is 24.2 Å². The van der Waals surface area contributed by atoms with Crippen molar-refractivity contribution in [2.75, 3.05) is 24.7 Å². The quantitative estimate of drug-likeness (QED) is 0.628. The number of nitrogens with zero attached hydrogens (tertiary/aromatic N) is 3. The van der Waals surface area contributed by atoms with E-state index >= 15 is 0 Å². The average Bonchev–Trinajstić information content (AvgIpc) is 3.00. The molecule has 1 fully saturated rings. The topological polar surface area (TPSA) is 77.7 Å². The molecule has 0 radical (unpaired) electrons. The van der Waals surface area contributed by atoms with Crippen LogP contribution in [-0.2, 0) is 0 Å². The number of benzene rings is 1. The van der Waals surface area contributed by atoms with Crippen molar-refractivity contribution < 1.29 is 14.4 Å². The molecule has 25 heavy (non-hydrogen) atoms. The van der Waals surface area contributed by atoms with Gasteiger partial charge in [0.15, 0.2) is 11.5 Å². The zero-order valence-electron chi connectivity index (χ0n) is 13.8. The van der Waals surface area contributed by atoms with Crippen LogP contribution in [0.2, 0.25) is 0 Å². The standard InChI is InChI=1S/C18H19N3O4/c22-21(23)14-5-7-18(19-12-14)20-8-1-3-15(20)13-4-6-16-17(11-13)25-10-2-9-24-16/h4-7,11-12,15H,1-3,8-10H2/t15-/m0/s1. The number of ether oxygens (including phenoxy) is 2. The molecule has 0 amide bonds. The summed E-state index contributed by atoms with van der Waals surface area (Å²) in [4.78, 5) is 16.9. The van der Waals surface area contributed by atoms with Crippen molar-refractivity contribution in [3.63, 3.8) is 0 Å². The first-order valence-corrected chi connectivity index (χ1v) is 8.49. The molecule has 0 N–H and O–H groups in total. The summed E-state index contributed by atoms with van der Waals surface area (Å²) in [6.07, 6.45) is 4.26. The molecule has 1 aromatic carbocycles. The van der Waals surface area contributed by atoms with E-state index in [1.54, 1.807) is 6.07 Å². The Bertz CT molecular complexity index is 778. The molecule has 0 unspecified atom stereocenters. The Kier molecular flexibility index (Phi) is 4.13. The highest BCUT2D eigenvalue weighted by Crippen LogP contribution is 2.39. The number of pyridine rings is 1. The summed E-state index contributed by atoms with van der Waals surface area (Å²) >= 11 is 0. The molecule has 0 spiro atoms. The summed E-state index contributed by atoms with van der Waals surface area (Å²) in [5.74, 6) is 2.35. The summed E-state index contributed by atoms with van der Waals surface area (Å²) in [6.45, 7) is 2.22. The van der Waals surface area contributed by atoms with Crippen LogP contribution in [-0.4, -0.2) is 29.7 Å². The molecule has 0 saturated carbocycles. The Morgan fingerprint density at radius 1 is 1.12 bits per heavy atom. The van der Waals surface area contributed by atoms with Crippen LogP contribution < -0.4 is 14.4 Å². The van der Waals surface area contributed by atoms with Crippen LogP contribution in [0.1, 0.15) is 30.9 Å². The summed E-state index contributed by atoms with van der Waals surface area (Å²) in [5, 5.41) is 10.8. The van der Waals surface area contributed by atoms with E-state index in [-0.39, 0.29) is 11.7 Å². The zero-order valence-corrected chi connectivity index (χ0v) is 13.8. The van der Waals surface area contributed by atoms with Crippen LogP contribution in [0.5, 0.6) is 11.5 Å².